The van der Waals surface area contributed by atoms with Gasteiger partial charge in [0.15, 0.2) is 0 Å². The Morgan fingerprint density at radius 1 is 1.17 bits per heavy atom. The number of benzene rings is 2. The molecule has 3 rings (SSSR count). The van der Waals surface area contributed by atoms with Gasteiger partial charge in [0.05, 0.1) is 34.9 Å². The molecular formula is C21H24N2O6S. The number of hydrogen-bond acceptors (Lipinski definition) is 6. The number of anilines is 1. The number of nitrogens with one attached hydrogen (secondary N) is 2. The quantitative estimate of drug-likeness (QED) is 0.651. The van der Waals surface area contributed by atoms with Gasteiger partial charge in [0.25, 0.3) is 15.9 Å². The standard InChI is InChI=1S/C21H24N2O6S/c1-14-9-10-16(12-18(14)21(25)28-2)30(26,27)23-19-8-4-3-7-17(19)20(24)22-13-15-6-5-11-29-15/h3-4,7-10,12,15,23H,5-6,11,13H2,1-2H3,(H,22,24)/t15-/m0/s1. The number of methoxy groups -OCH3 is 1. The first-order chi connectivity index (χ1) is 14.3. The average molecular weight is 432 g/mol. The van der Waals surface area contributed by atoms with E-state index in [0.717, 1.165) is 12.8 Å². The van der Waals surface area contributed by atoms with Gasteiger partial charge in [-0.25, -0.2) is 13.2 Å². The van der Waals surface area contributed by atoms with E-state index in [-0.39, 0.29) is 27.8 Å². The number of para-hydroxylation sites is 1. The minimum atomic E-state index is -4.04. The first kappa shape index (κ1) is 21.8. The molecule has 1 aliphatic rings. The van der Waals surface area contributed by atoms with E-state index < -0.39 is 21.9 Å². The summed E-state index contributed by atoms with van der Waals surface area (Å²) in [6.07, 6.45) is 1.81. The number of amides is 1. The summed E-state index contributed by atoms with van der Waals surface area (Å²) in [7, 11) is -2.81. The van der Waals surface area contributed by atoms with Crippen LogP contribution in [0.2, 0.25) is 0 Å². The fraction of sp³-hybridized carbons (Fsp3) is 0.333. The Balaban J connectivity index is 1.82. The lowest BCUT2D eigenvalue weighted by atomic mass is 10.1. The molecule has 8 nitrogen and oxygen atoms in total. The summed E-state index contributed by atoms with van der Waals surface area (Å²) >= 11 is 0. The number of aryl methyl sites for hydroxylation is 1. The summed E-state index contributed by atoms with van der Waals surface area (Å²) in [5.41, 5.74) is 1.08. The zero-order valence-corrected chi connectivity index (χ0v) is 17.6. The number of ether oxygens (including phenoxy) is 2. The smallest absolute Gasteiger partial charge is 0.338 e. The number of hydrogen-bond donors (Lipinski definition) is 2. The number of sulfonamides is 1. The summed E-state index contributed by atoms with van der Waals surface area (Å²) < 4.78 is 38.4. The van der Waals surface area contributed by atoms with Crippen LogP contribution in [0.3, 0.4) is 0 Å². The summed E-state index contributed by atoms with van der Waals surface area (Å²) in [5.74, 6) is -1.03. The van der Waals surface area contributed by atoms with Gasteiger partial charge >= 0.3 is 5.97 Å². The highest BCUT2D eigenvalue weighted by atomic mass is 32.2. The van der Waals surface area contributed by atoms with Crippen LogP contribution in [0, 0.1) is 6.92 Å². The lowest BCUT2D eigenvalue weighted by molar-refractivity contribution is 0.0599. The molecule has 0 saturated carbocycles. The van der Waals surface area contributed by atoms with E-state index in [4.69, 9.17) is 9.47 Å². The number of carbonyl (C=O) groups excluding carboxylic acids is 2. The van der Waals surface area contributed by atoms with Crippen molar-refractivity contribution in [1.82, 2.24) is 5.32 Å². The summed E-state index contributed by atoms with van der Waals surface area (Å²) in [4.78, 5) is 24.4. The molecular weight excluding hydrogens is 408 g/mol. The third-order valence-corrected chi connectivity index (χ3v) is 6.22. The van der Waals surface area contributed by atoms with E-state index in [1.54, 1.807) is 19.1 Å². The predicted octanol–water partition coefficient (Wildman–Crippen LogP) is 2.49. The molecule has 1 saturated heterocycles. The van der Waals surface area contributed by atoms with Gasteiger partial charge < -0.3 is 14.8 Å². The second-order valence-electron chi connectivity index (χ2n) is 6.96. The first-order valence-corrected chi connectivity index (χ1v) is 11.0. The Morgan fingerprint density at radius 3 is 2.63 bits per heavy atom. The van der Waals surface area contributed by atoms with Gasteiger partial charge in [-0.05, 0) is 49.6 Å². The van der Waals surface area contributed by atoms with Gasteiger partial charge in [0, 0.05) is 13.2 Å². The van der Waals surface area contributed by atoms with Crippen molar-refractivity contribution in [2.24, 2.45) is 0 Å². The lowest BCUT2D eigenvalue weighted by Gasteiger charge is -2.15. The van der Waals surface area contributed by atoms with Crippen LogP contribution >= 0.6 is 0 Å². The molecule has 9 heteroatoms. The second-order valence-corrected chi connectivity index (χ2v) is 8.65. The fourth-order valence-corrected chi connectivity index (χ4v) is 4.28. The van der Waals surface area contributed by atoms with Crippen LogP contribution in [0.25, 0.3) is 0 Å². The zero-order valence-electron chi connectivity index (χ0n) is 16.8. The fourth-order valence-electron chi connectivity index (χ4n) is 3.18. The van der Waals surface area contributed by atoms with Crippen molar-refractivity contribution in [2.45, 2.75) is 30.8 Å². The number of rotatable bonds is 7. The highest BCUT2D eigenvalue weighted by Gasteiger charge is 2.22. The van der Waals surface area contributed by atoms with Crippen molar-refractivity contribution in [3.63, 3.8) is 0 Å². The molecule has 1 aliphatic heterocycles. The summed E-state index contributed by atoms with van der Waals surface area (Å²) in [5, 5.41) is 2.79. The van der Waals surface area contributed by atoms with Gasteiger partial charge in [0.2, 0.25) is 0 Å². The van der Waals surface area contributed by atoms with Crippen LogP contribution in [0.5, 0.6) is 0 Å². The van der Waals surface area contributed by atoms with Gasteiger partial charge in [-0.3, -0.25) is 9.52 Å². The molecule has 30 heavy (non-hydrogen) atoms. The van der Waals surface area contributed by atoms with Crippen molar-refractivity contribution in [1.29, 1.82) is 0 Å². The predicted molar refractivity (Wildman–Crippen MR) is 111 cm³/mol. The van der Waals surface area contributed by atoms with E-state index in [1.165, 1.54) is 37.4 Å². The van der Waals surface area contributed by atoms with E-state index in [0.29, 0.717) is 18.7 Å². The van der Waals surface area contributed by atoms with Crippen molar-refractivity contribution in [2.75, 3.05) is 25.0 Å². The molecule has 160 valence electrons. The number of esters is 1. The van der Waals surface area contributed by atoms with Crippen molar-refractivity contribution in [3.05, 3.63) is 59.2 Å². The Labute approximate surface area is 175 Å². The van der Waals surface area contributed by atoms with Gasteiger partial charge in [0.1, 0.15) is 0 Å². The monoisotopic (exact) mass is 432 g/mol. The van der Waals surface area contributed by atoms with Crippen molar-refractivity contribution < 1.29 is 27.5 Å². The number of carbonyl (C=O) groups is 2. The normalized spacial score (nSPS) is 16.1. The van der Waals surface area contributed by atoms with Crippen LogP contribution in [-0.4, -0.2) is 46.7 Å². The minimum absolute atomic E-state index is 0.0258. The third-order valence-electron chi connectivity index (χ3n) is 4.85. The molecule has 2 aromatic carbocycles. The molecule has 0 aromatic heterocycles. The van der Waals surface area contributed by atoms with Crippen LogP contribution in [-0.2, 0) is 19.5 Å². The maximum absolute atomic E-state index is 12.9. The Hall–Kier alpha value is -2.91. The molecule has 1 amide bonds. The van der Waals surface area contributed by atoms with Crippen molar-refractivity contribution >= 4 is 27.6 Å². The average Bonchev–Trinajstić information content (AvgIpc) is 3.25. The zero-order chi connectivity index (χ0) is 21.7. The molecule has 0 spiro atoms. The van der Waals surface area contributed by atoms with Crippen LogP contribution in [0.15, 0.2) is 47.4 Å². The molecule has 1 heterocycles. The van der Waals surface area contributed by atoms with Gasteiger partial charge in [-0.15, -0.1) is 0 Å². The first-order valence-electron chi connectivity index (χ1n) is 9.52. The van der Waals surface area contributed by atoms with E-state index in [9.17, 15) is 18.0 Å². The molecule has 0 aliphatic carbocycles. The molecule has 0 bridgehead atoms. The highest BCUT2D eigenvalue weighted by molar-refractivity contribution is 7.92. The Bertz CT molecular complexity index is 1050. The molecule has 0 unspecified atom stereocenters. The Kier molecular flexibility index (Phi) is 6.73. The summed E-state index contributed by atoms with van der Waals surface area (Å²) in [6.45, 7) is 2.73. The summed E-state index contributed by atoms with van der Waals surface area (Å²) in [6, 6.07) is 10.5. The lowest BCUT2D eigenvalue weighted by Crippen LogP contribution is -2.32. The minimum Gasteiger partial charge on any atom is -0.465 e. The van der Waals surface area contributed by atoms with E-state index in [1.807, 2.05) is 0 Å². The maximum Gasteiger partial charge on any atom is 0.338 e. The molecule has 1 atom stereocenters. The Morgan fingerprint density at radius 2 is 1.93 bits per heavy atom. The van der Waals surface area contributed by atoms with Crippen molar-refractivity contribution in [3.8, 4) is 0 Å². The molecule has 2 N–H and O–H groups in total. The van der Waals surface area contributed by atoms with Gasteiger partial charge in [-0.2, -0.15) is 0 Å². The third kappa shape index (κ3) is 4.98. The van der Waals surface area contributed by atoms with E-state index in [2.05, 4.69) is 10.0 Å². The second kappa shape index (κ2) is 9.27. The maximum atomic E-state index is 12.9. The molecule has 2 aromatic rings. The molecule has 0 radical (unpaired) electrons. The SMILES string of the molecule is COC(=O)c1cc(S(=O)(=O)Nc2ccccc2C(=O)NC[C@@H]2CCCO2)ccc1C. The highest BCUT2D eigenvalue weighted by Crippen LogP contribution is 2.22. The van der Waals surface area contributed by atoms with Crippen LogP contribution in [0.4, 0.5) is 5.69 Å². The molecule has 1 fully saturated rings. The van der Waals surface area contributed by atoms with E-state index >= 15 is 0 Å². The largest absolute Gasteiger partial charge is 0.465 e. The van der Waals surface area contributed by atoms with Crippen LogP contribution in [0.1, 0.15) is 39.1 Å². The van der Waals surface area contributed by atoms with Gasteiger partial charge in [-0.1, -0.05) is 18.2 Å². The topological polar surface area (TPSA) is 111 Å². The van der Waals surface area contributed by atoms with Crippen LogP contribution < -0.4 is 10.0 Å².